The molecule has 0 saturated heterocycles. The molecule has 1 aliphatic rings. The molecule has 1 heterocycles. The van der Waals surface area contributed by atoms with Crippen molar-refractivity contribution in [3.63, 3.8) is 0 Å². The first-order valence-corrected chi connectivity index (χ1v) is 11.7. The quantitative estimate of drug-likeness (QED) is 0.454. The second-order valence-corrected chi connectivity index (χ2v) is 9.28. The summed E-state index contributed by atoms with van der Waals surface area (Å²) in [6.07, 6.45) is 2.91. The summed E-state index contributed by atoms with van der Waals surface area (Å²) in [6, 6.07) is 16.9. The summed E-state index contributed by atoms with van der Waals surface area (Å²) < 4.78 is 16.3. The molecule has 7 heteroatoms. The molecule has 31 heavy (non-hydrogen) atoms. The molecule has 1 N–H and O–H groups in total. The third-order valence-corrected chi connectivity index (χ3v) is 6.21. The molecule has 1 aliphatic carbocycles. The zero-order chi connectivity index (χ0) is 21.8. The van der Waals surface area contributed by atoms with Crippen LogP contribution >= 0.6 is 11.8 Å². The zero-order valence-corrected chi connectivity index (χ0v) is 18.6. The lowest BCUT2D eigenvalue weighted by Gasteiger charge is -2.21. The molecule has 4 rings (SSSR count). The van der Waals surface area contributed by atoms with Gasteiger partial charge in [0.1, 0.15) is 5.82 Å². The molecule has 2 aromatic carbocycles. The van der Waals surface area contributed by atoms with Crippen LogP contribution in [0.3, 0.4) is 0 Å². The second-order valence-electron chi connectivity index (χ2n) is 8.34. The number of halogens is 1. The standard InChI is InChI=1S/C24H27FN4OS/c1-16(2)14-21(17-8-4-3-5-9-17)26-22(30)15-31-24-28-27-23(29(24)18-12-13-18)19-10-6-7-11-20(19)25/h3-11,16,18,21H,12-15H2,1-2H3,(H,26,30)/t21-/m0/s1. The van der Waals surface area contributed by atoms with Gasteiger partial charge in [0.15, 0.2) is 11.0 Å². The predicted molar refractivity (Wildman–Crippen MR) is 121 cm³/mol. The highest BCUT2D eigenvalue weighted by atomic mass is 32.2. The van der Waals surface area contributed by atoms with E-state index in [1.165, 1.54) is 17.8 Å². The van der Waals surface area contributed by atoms with Gasteiger partial charge in [0.05, 0.1) is 17.4 Å². The van der Waals surface area contributed by atoms with Crippen LogP contribution in [0.1, 0.15) is 50.8 Å². The fourth-order valence-electron chi connectivity index (χ4n) is 3.66. The number of carbonyl (C=O) groups is 1. The normalized spacial score (nSPS) is 14.6. The van der Waals surface area contributed by atoms with Gasteiger partial charge in [0.2, 0.25) is 5.91 Å². The average Bonchev–Trinajstić information content (AvgIpc) is 3.51. The Labute approximate surface area is 186 Å². The molecule has 0 aliphatic heterocycles. The second kappa shape index (κ2) is 9.64. The molecule has 1 amide bonds. The Morgan fingerprint density at radius 3 is 2.52 bits per heavy atom. The van der Waals surface area contributed by atoms with Crippen molar-refractivity contribution in [3.8, 4) is 11.4 Å². The molecule has 1 fully saturated rings. The molecule has 0 spiro atoms. The van der Waals surface area contributed by atoms with E-state index < -0.39 is 0 Å². The molecule has 0 radical (unpaired) electrons. The van der Waals surface area contributed by atoms with E-state index in [2.05, 4.69) is 29.4 Å². The van der Waals surface area contributed by atoms with Crippen LogP contribution in [0.4, 0.5) is 4.39 Å². The van der Waals surface area contributed by atoms with Crippen molar-refractivity contribution in [2.75, 3.05) is 5.75 Å². The van der Waals surface area contributed by atoms with Crippen molar-refractivity contribution in [3.05, 3.63) is 66.0 Å². The van der Waals surface area contributed by atoms with E-state index in [1.807, 2.05) is 34.9 Å². The van der Waals surface area contributed by atoms with Crippen molar-refractivity contribution < 1.29 is 9.18 Å². The molecular weight excluding hydrogens is 411 g/mol. The minimum atomic E-state index is -0.314. The average molecular weight is 439 g/mol. The van der Waals surface area contributed by atoms with Gasteiger partial charge in [-0.2, -0.15) is 0 Å². The number of hydrogen-bond donors (Lipinski definition) is 1. The minimum Gasteiger partial charge on any atom is -0.349 e. The van der Waals surface area contributed by atoms with Gasteiger partial charge in [0, 0.05) is 6.04 Å². The molecular formula is C24H27FN4OS. The van der Waals surface area contributed by atoms with Crippen molar-refractivity contribution in [1.82, 2.24) is 20.1 Å². The van der Waals surface area contributed by atoms with Crippen LogP contribution in [0.2, 0.25) is 0 Å². The molecule has 1 aromatic heterocycles. The van der Waals surface area contributed by atoms with E-state index in [0.29, 0.717) is 22.5 Å². The first kappa shape index (κ1) is 21.6. The van der Waals surface area contributed by atoms with E-state index in [-0.39, 0.29) is 29.6 Å². The van der Waals surface area contributed by atoms with E-state index in [9.17, 15) is 9.18 Å². The summed E-state index contributed by atoms with van der Waals surface area (Å²) in [5.74, 6) is 0.872. The van der Waals surface area contributed by atoms with Crippen molar-refractivity contribution in [2.45, 2.75) is 50.4 Å². The fraction of sp³-hybridized carbons (Fsp3) is 0.375. The Hall–Kier alpha value is -2.67. The van der Waals surface area contributed by atoms with Crippen molar-refractivity contribution in [2.24, 2.45) is 5.92 Å². The number of nitrogens with one attached hydrogen (secondary N) is 1. The van der Waals surface area contributed by atoms with E-state index in [4.69, 9.17) is 0 Å². The summed E-state index contributed by atoms with van der Waals surface area (Å²) >= 11 is 1.36. The molecule has 1 atom stereocenters. The smallest absolute Gasteiger partial charge is 0.230 e. The number of thioether (sulfide) groups is 1. The highest BCUT2D eigenvalue weighted by Crippen LogP contribution is 2.41. The third kappa shape index (κ3) is 5.34. The van der Waals surface area contributed by atoms with Gasteiger partial charge in [0.25, 0.3) is 0 Å². The number of amides is 1. The number of aromatic nitrogens is 3. The number of rotatable bonds is 9. The van der Waals surface area contributed by atoms with Crippen molar-refractivity contribution >= 4 is 17.7 Å². The van der Waals surface area contributed by atoms with Gasteiger partial charge in [-0.1, -0.05) is 68.1 Å². The summed E-state index contributed by atoms with van der Waals surface area (Å²) in [5, 5.41) is 12.4. The molecule has 162 valence electrons. The van der Waals surface area contributed by atoms with Gasteiger partial charge in [-0.15, -0.1) is 10.2 Å². The number of hydrogen-bond acceptors (Lipinski definition) is 4. The lowest BCUT2D eigenvalue weighted by molar-refractivity contribution is -0.119. The highest BCUT2D eigenvalue weighted by Gasteiger charge is 2.31. The monoisotopic (exact) mass is 438 g/mol. The minimum absolute atomic E-state index is 0.0235. The Morgan fingerprint density at radius 2 is 1.84 bits per heavy atom. The first-order chi connectivity index (χ1) is 15.0. The summed E-state index contributed by atoms with van der Waals surface area (Å²) in [4.78, 5) is 12.8. The Balaban J connectivity index is 1.46. The lowest BCUT2D eigenvalue weighted by atomic mass is 9.97. The summed E-state index contributed by atoms with van der Waals surface area (Å²) in [5.41, 5.74) is 1.55. The first-order valence-electron chi connectivity index (χ1n) is 10.7. The lowest BCUT2D eigenvalue weighted by Crippen LogP contribution is -2.31. The molecule has 1 saturated carbocycles. The highest BCUT2D eigenvalue weighted by molar-refractivity contribution is 7.99. The SMILES string of the molecule is CC(C)C[C@H](NC(=O)CSc1nnc(-c2ccccc2F)n1C1CC1)c1ccccc1. The predicted octanol–water partition coefficient (Wildman–Crippen LogP) is 5.41. The van der Waals surface area contributed by atoms with Crippen molar-refractivity contribution in [1.29, 1.82) is 0 Å². The molecule has 0 unspecified atom stereocenters. The summed E-state index contributed by atoms with van der Waals surface area (Å²) in [6.45, 7) is 4.30. The van der Waals surface area contributed by atoms with Gasteiger partial charge >= 0.3 is 0 Å². The van der Waals surface area contributed by atoms with Crippen LogP contribution in [0.15, 0.2) is 59.8 Å². The van der Waals surface area contributed by atoms with Crippen LogP contribution < -0.4 is 5.32 Å². The fourth-order valence-corrected chi connectivity index (χ4v) is 4.48. The number of carbonyl (C=O) groups excluding carboxylic acids is 1. The van der Waals surface area contributed by atoms with Crippen LogP contribution in [0.5, 0.6) is 0 Å². The number of benzene rings is 2. The summed E-state index contributed by atoms with van der Waals surface area (Å²) in [7, 11) is 0. The van der Waals surface area contributed by atoms with Gasteiger partial charge < -0.3 is 5.32 Å². The zero-order valence-electron chi connectivity index (χ0n) is 17.8. The van der Waals surface area contributed by atoms with E-state index in [1.54, 1.807) is 18.2 Å². The Kier molecular flexibility index (Phi) is 6.70. The Bertz CT molecular complexity index is 1030. The maximum atomic E-state index is 14.3. The largest absolute Gasteiger partial charge is 0.349 e. The maximum absolute atomic E-state index is 14.3. The molecule has 5 nitrogen and oxygen atoms in total. The Morgan fingerprint density at radius 1 is 1.13 bits per heavy atom. The van der Waals surface area contributed by atoms with Gasteiger partial charge in [-0.05, 0) is 42.9 Å². The van der Waals surface area contributed by atoms with Crippen LogP contribution in [0.25, 0.3) is 11.4 Å². The maximum Gasteiger partial charge on any atom is 0.230 e. The number of nitrogens with zero attached hydrogens (tertiary/aromatic N) is 3. The van der Waals surface area contributed by atoms with Gasteiger partial charge in [-0.3, -0.25) is 9.36 Å². The van der Waals surface area contributed by atoms with E-state index in [0.717, 1.165) is 24.8 Å². The van der Waals surface area contributed by atoms with Gasteiger partial charge in [-0.25, -0.2) is 4.39 Å². The van der Waals surface area contributed by atoms with Crippen LogP contribution in [-0.4, -0.2) is 26.4 Å². The third-order valence-electron chi connectivity index (χ3n) is 5.27. The van der Waals surface area contributed by atoms with E-state index >= 15 is 0 Å². The molecule has 0 bridgehead atoms. The topological polar surface area (TPSA) is 59.8 Å². The molecule has 3 aromatic rings. The van der Waals surface area contributed by atoms with Crippen LogP contribution in [-0.2, 0) is 4.79 Å². The van der Waals surface area contributed by atoms with Crippen LogP contribution in [0, 0.1) is 11.7 Å².